The number of carbonyl (C=O) groups is 2. The van der Waals surface area contributed by atoms with Crippen LogP contribution in [0.4, 0.5) is 0 Å². The van der Waals surface area contributed by atoms with Crippen molar-refractivity contribution in [2.24, 2.45) is 11.1 Å². The van der Waals surface area contributed by atoms with Gasteiger partial charge in [-0.05, 0) is 0 Å². The van der Waals surface area contributed by atoms with Crippen molar-refractivity contribution in [1.29, 1.82) is 0 Å². The molecule has 5 nitrogen and oxygen atoms in total. The highest BCUT2D eigenvalue weighted by Gasteiger charge is 2.29. The standard InChI is InChI=1S/C7H13N2O3/c1-7(2,6(8)11)4-5(10)9(3)12/h4,12H,1-3H3,(H2,8,11). The van der Waals surface area contributed by atoms with Gasteiger partial charge in [-0.15, -0.1) is 0 Å². The van der Waals surface area contributed by atoms with Gasteiger partial charge in [0.05, 0.1) is 11.8 Å². The van der Waals surface area contributed by atoms with E-state index in [2.05, 4.69) is 0 Å². The molecule has 3 N–H and O–H groups in total. The Bertz CT molecular complexity index is 199. The van der Waals surface area contributed by atoms with E-state index in [-0.39, 0.29) is 0 Å². The number of hydroxylamine groups is 2. The SMILES string of the molecule is CN(O)C(=O)[CH]C(C)(C)C(N)=O. The zero-order valence-electron chi connectivity index (χ0n) is 7.37. The highest BCUT2D eigenvalue weighted by molar-refractivity contribution is 5.93. The second-order valence-corrected chi connectivity index (χ2v) is 3.09. The van der Waals surface area contributed by atoms with E-state index in [0.29, 0.717) is 5.06 Å². The van der Waals surface area contributed by atoms with Gasteiger partial charge in [0.2, 0.25) is 5.91 Å². The van der Waals surface area contributed by atoms with Crippen LogP contribution in [0.5, 0.6) is 0 Å². The van der Waals surface area contributed by atoms with Crippen molar-refractivity contribution in [3.63, 3.8) is 0 Å². The molecule has 2 amide bonds. The van der Waals surface area contributed by atoms with Crippen LogP contribution in [0.3, 0.4) is 0 Å². The van der Waals surface area contributed by atoms with Crippen LogP contribution >= 0.6 is 0 Å². The minimum Gasteiger partial charge on any atom is -0.369 e. The van der Waals surface area contributed by atoms with Crippen LogP contribution in [0.15, 0.2) is 0 Å². The smallest absolute Gasteiger partial charge is 0.250 e. The van der Waals surface area contributed by atoms with Gasteiger partial charge in [0.25, 0.3) is 5.91 Å². The van der Waals surface area contributed by atoms with Crippen molar-refractivity contribution in [2.45, 2.75) is 13.8 Å². The molecule has 12 heavy (non-hydrogen) atoms. The summed E-state index contributed by atoms with van der Waals surface area (Å²) in [7, 11) is 1.18. The molecule has 0 saturated carbocycles. The summed E-state index contributed by atoms with van der Waals surface area (Å²) >= 11 is 0. The molecule has 0 bridgehead atoms. The Labute approximate surface area is 71.1 Å². The summed E-state index contributed by atoms with van der Waals surface area (Å²) in [6.45, 7) is 2.99. The van der Waals surface area contributed by atoms with E-state index in [4.69, 9.17) is 10.9 Å². The van der Waals surface area contributed by atoms with Crippen molar-refractivity contribution >= 4 is 11.8 Å². The highest BCUT2D eigenvalue weighted by atomic mass is 16.5. The first-order valence-corrected chi connectivity index (χ1v) is 3.40. The second kappa shape index (κ2) is 3.53. The molecular formula is C7H13N2O3. The van der Waals surface area contributed by atoms with E-state index in [1.54, 1.807) is 0 Å². The quantitative estimate of drug-likeness (QED) is 0.448. The summed E-state index contributed by atoms with van der Waals surface area (Å²) in [5, 5.41) is 9.06. The molecule has 0 aromatic heterocycles. The molecule has 0 saturated heterocycles. The maximum Gasteiger partial charge on any atom is 0.250 e. The lowest BCUT2D eigenvalue weighted by atomic mass is 9.88. The summed E-state index contributed by atoms with van der Waals surface area (Å²) in [5.74, 6) is -1.27. The van der Waals surface area contributed by atoms with E-state index in [1.807, 2.05) is 0 Å². The van der Waals surface area contributed by atoms with Crippen molar-refractivity contribution in [2.75, 3.05) is 7.05 Å². The van der Waals surface area contributed by atoms with Crippen LogP contribution in [-0.2, 0) is 9.59 Å². The van der Waals surface area contributed by atoms with Gasteiger partial charge in [0.15, 0.2) is 0 Å². The first-order chi connectivity index (χ1) is 5.27. The number of hydrogen-bond acceptors (Lipinski definition) is 3. The first kappa shape index (κ1) is 10.9. The lowest BCUT2D eigenvalue weighted by Crippen LogP contribution is -2.37. The normalized spacial score (nSPS) is 11.0. The van der Waals surface area contributed by atoms with Crippen LogP contribution in [0.1, 0.15) is 13.8 Å². The number of carbonyl (C=O) groups excluding carboxylic acids is 2. The van der Waals surface area contributed by atoms with Gasteiger partial charge in [-0.2, -0.15) is 0 Å². The third kappa shape index (κ3) is 2.87. The van der Waals surface area contributed by atoms with Gasteiger partial charge in [-0.1, -0.05) is 13.8 Å². The zero-order valence-corrected chi connectivity index (χ0v) is 7.37. The lowest BCUT2D eigenvalue weighted by Gasteiger charge is -2.20. The fourth-order valence-electron chi connectivity index (χ4n) is 0.473. The Balaban J connectivity index is 4.25. The predicted octanol–water partition coefficient (Wildman–Crippen LogP) is -0.450. The molecule has 0 aromatic rings. The molecule has 69 valence electrons. The minimum absolute atomic E-state index is 0.394. The molecule has 0 rings (SSSR count). The van der Waals surface area contributed by atoms with E-state index < -0.39 is 17.2 Å². The van der Waals surface area contributed by atoms with Gasteiger partial charge in [-0.25, -0.2) is 5.06 Å². The predicted molar refractivity (Wildman–Crippen MR) is 41.8 cm³/mol. The monoisotopic (exact) mass is 173 g/mol. The third-order valence-electron chi connectivity index (χ3n) is 1.44. The first-order valence-electron chi connectivity index (χ1n) is 3.40. The number of amides is 2. The molecular weight excluding hydrogens is 160 g/mol. The van der Waals surface area contributed by atoms with Gasteiger partial charge < -0.3 is 5.73 Å². The van der Waals surface area contributed by atoms with Crippen LogP contribution in [0.25, 0.3) is 0 Å². The Morgan fingerprint density at radius 2 is 1.92 bits per heavy atom. The number of hydrogen-bond donors (Lipinski definition) is 2. The van der Waals surface area contributed by atoms with Crippen LogP contribution in [0, 0.1) is 11.8 Å². The summed E-state index contributed by atoms with van der Waals surface area (Å²) in [6, 6.07) is 0. The summed E-state index contributed by atoms with van der Waals surface area (Å²) in [6.07, 6.45) is 1.06. The number of rotatable bonds is 3. The fraction of sp³-hybridized carbons (Fsp3) is 0.571. The average molecular weight is 173 g/mol. The minimum atomic E-state index is -1.03. The molecule has 0 aromatic carbocycles. The Hall–Kier alpha value is -1.10. The molecule has 0 spiro atoms. The largest absolute Gasteiger partial charge is 0.369 e. The second-order valence-electron chi connectivity index (χ2n) is 3.09. The van der Waals surface area contributed by atoms with Gasteiger partial charge in [0, 0.05) is 7.05 Å². The third-order valence-corrected chi connectivity index (χ3v) is 1.44. The molecule has 0 fully saturated rings. The van der Waals surface area contributed by atoms with Crippen LogP contribution < -0.4 is 5.73 Å². The Morgan fingerprint density at radius 1 is 1.50 bits per heavy atom. The highest BCUT2D eigenvalue weighted by Crippen LogP contribution is 2.18. The van der Waals surface area contributed by atoms with Crippen molar-refractivity contribution in [3.8, 4) is 0 Å². The maximum absolute atomic E-state index is 10.9. The van der Waals surface area contributed by atoms with Gasteiger partial charge in [0.1, 0.15) is 0 Å². The van der Waals surface area contributed by atoms with E-state index in [0.717, 1.165) is 6.42 Å². The molecule has 0 aliphatic heterocycles. The van der Waals surface area contributed by atoms with Crippen LogP contribution in [-0.4, -0.2) is 29.1 Å². The molecule has 1 radical (unpaired) electrons. The lowest BCUT2D eigenvalue weighted by molar-refractivity contribution is -0.157. The Morgan fingerprint density at radius 3 is 2.17 bits per heavy atom. The molecule has 0 aliphatic rings. The maximum atomic E-state index is 10.9. The molecule has 0 aliphatic carbocycles. The fourth-order valence-corrected chi connectivity index (χ4v) is 0.473. The molecule has 0 atom stereocenters. The van der Waals surface area contributed by atoms with Gasteiger partial charge >= 0.3 is 0 Å². The van der Waals surface area contributed by atoms with Crippen molar-refractivity contribution in [1.82, 2.24) is 5.06 Å². The van der Waals surface area contributed by atoms with Gasteiger partial charge in [-0.3, -0.25) is 14.8 Å². The van der Waals surface area contributed by atoms with E-state index >= 15 is 0 Å². The Kier molecular flexibility index (Phi) is 3.21. The summed E-state index contributed by atoms with van der Waals surface area (Å²) in [5.41, 5.74) is 3.96. The summed E-state index contributed by atoms with van der Waals surface area (Å²) < 4.78 is 0. The average Bonchev–Trinajstić information content (AvgIpc) is 1.85. The van der Waals surface area contributed by atoms with E-state index in [9.17, 15) is 9.59 Å². The zero-order chi connectivity index (χ0) is 9.94. The summed E-state index contributed by atoms with van der Waals surface area (Å²) in [4.78, 5) is 21.6. The van der Waals surface area contributed by atoms with Crippen molar-refractivity contribution in [3.05, 3.63) is 6.42 Å². The molecule has 0 unspecified atom stereocenters. The number of primary amides is 1. The van der Waals surface area contributed by atoms with Crippen LogP contribution in [0.2, 0.25) is 0 Å². The topological polar surface area (TPSA) is 83.6 Å². The number of nitrogens with zero attached hydrogens (tertiary/aromatic N) is 1. The number of nitrogens with two attached hydrogens (primary N) is 1. The van der Waals surface area contributed by atoms with E-state index in [1.165, 1.54) is 20.9 Å². The molecule has 0 heterocycles. The van der Waals surface area contributed by atoms with Crippen molar-refractivity contribution < 1.29 is 14.8 Å². The molecule has 5 heteroatoms.